The summed E-state index contributed by atoms with van der Waals surface area (Å²) in [4.78, 5) is 25.7. The molecule has 4 nitrogen and oxygen atoms in total. The summed E-state index contributed by atoms with van der Waals surface area (Å²) >= 11 is 4.32. The maximum absolute atomic E-state index is 12.4. The van der Waals surface area contributed by atoms with E-state index in [2.05, 4.69) is 21.2 Å². The number of anilines is 2. The minimum atomic E-state index is -0.594. The summed E-state index contributed by atoms with van der Waals surface area (Å²) in [7, 11) is 0. The molecule has 2 aromatic carbocycles. The monoisotopic (exact) mass is 362 g/mol. The second kappa shape index (κ2) is 5.91. The number of carbonyl (C=O) groups excluding carboxylic acids is 2. The third-order valence-corrected chi connectivity index (χ3v) is 4.47. The van der Waals surface area contributed by atoms with E-state index in [-0.39, 0.29) is 11.1 Å². The van der Waals surface area contributed by atoms with Gasteiger partial charge < -0.3 is 5.32 Å². The van der Waals surface area contributed by atoms with Crippen molar-refractivity contribution in [1.29, 1.82) is 0 Å². The van der Waals surface area contributed by atoms with Crippen LogP contribution in [0, 0.1) is 0 Å². The predicted molar refractivity (Wildman–Crippen MR) is 88.5 cm³/mol. The Morgan fingerprint density at radius 2 is 1.67 bits per heavy atom. The zero-order valence-electron chi connectivity index (χ0n) is 10.8. The lowest BCUT2D eigenvalue weighted by molar-refractivity contribution is -0.116. The van der Waals surface area contributed by atoms with Crippen LogP contribution >= 0.6 is 27.7 Å². The van der Waals surface area contributed by atoms with Crippen LogP contribution in [0.2, 0.25) is 0 Å². The highest BCUT2D eigenvalue weighted by molar-refractivity contribution is 9.10. The lowest BCUT2D eigenvalue weighted by Gasteiger charge is -2.14. The van der Waals surface area contributed by atoms with Crippen molar-refractivity contribution in [2.75, 3.05) is 10.2 Å². The Morgan fingerprint density at radius 1 is 1.00 bits per heavy atom. The van der Waals surface area contributed by atoms with Crippen molar-refractivity contribution in [2.24, 2.45) is 0 Å². The van der Waals surface area contributed by atoms with E-state index in [1.165, 1.54) is 4.90 Å². The van der Waals surface area contributed by atoms with Crippen LogP contribution in [-0.4, -0.2) is 16.5 Å². The first-order valence-electron chi connectivity index (χ1n) is 6.27. The number of thioether (sulfide) groups is 1. The standard InChI is InChI=1S/C15H11BrN2O2S/c16-10-6-8-12(9-7-10)18-14(19)13(21-15(18)20)17-11-4-2-1-3-5-11/h1-9,13,17H/t13-/m1/s1. The van der Waals surface area contributed by atoms with Crippen LogP contribution in [0.5, 0.6) is 0 Å². The molecule has 0 bridgehead atoms. The van der Waals surface area contributed by atoms with Crippen molar-refractivity contribution in [3.05, 3.63) is 59.1 Å². The van der Waals surface area contributed by atoms with Gasteiger partial charge in [0.2, 0.25) is 0 Å². The zero-order valence-corrected chi connectivity index (χ0v) is 13.2. The molecule has 0 unspecified atom stereocenters. The molecule has 0 radical (unpaired) electrons. The Morgan fingerprint density at radius 3 is 2.33 bits per heavy atom. The van der Waals surface area contributed by atoms with Gasteiger partial charge in [-0.25, -0.2) is 4.90 Å². The van der Waals surface area contributed by atoms with E-state index in [1.807, 2.05) is 30.3 Å². The Bertz CT molecular complexity index is 676. The maximum atomic E-state index is 12.4. The summed E-state index contributed by atoms with van der Waals surface area (Å²) in [6.45, 7) is 0. The Labute approximate surface area is 134 Å². The minimum absolute atomic E-state index is 0.254. The van der Waals surface area contributed by atoms with Gasteiger partial charge in [-0.15, -0.1) is 0 Å². The van der Waals surface area contributed by atoms with E-state index in [4.69, 9.17) is 0 Å². The van der Waals surface area contributed by atoms with Crippen molar-refractivity contribution < 1.29 is 9.59 Å². The second-order valence-electron chi connectivity index (χ2n) is 4.42. The van der Waals surface area contributed by atoms with Gasteiger partial charge in [0.25, 0.3) is 11.1 Å². The maximum Gasteiger partial charge on any atom is 0.295 e. The molecule has 0 saturated carbocycles. The molecule has 2 amide bonds. The molecule has 1 aliphatic rings. The average molecular weight is 363 g/mol. The Kier molecular flexibility index (Phi) is 3.98. The van der Waals surface area contributed by atoms with Gasteiger partial charge >= 0.3 is 0 Å². The largest absolute Gasteiger partial charge is 0.365 e. The summed E-state index contributed by atoms with van der Waals surface area (Å²) in [6.07, 6.45) is 0. The Hall–Kier alpha value is -1.79. The number of halogens is 1. The molecule has 2 aromatic rings. The number of rotatable bonds is 3. The molecule has 0 spiro atoms. The number of amides is 2. The first-order chi connectivity index (χ1) is 10.1. The van der Waals surface area contributed by atoms with Crippen molar-refractivity contribution in [3.63, 3.8) is 0 Å². The molecule has 1 N–H and O–H groups in total. The fourth-order valence-electron chi connectivity index (χ4n) is 2.01. The van der Waals surface area contributed by atoms with Crippen molar-refractivity contribution >= 4 is 50.2 Å². The Balaban J connectivity index is 1.80. The number of benzene rings is 2. The van der Waals surface area contributed by atoms with E-state index in [0.717, 1.165) is 21.9 Å². The minimum Gasteiger partial charge on any atom is -0.365 e. The molecule has 1 saturated heterocycles. The highest BCUT2D eigenvalue weighted by atomic mass is 79.9. The van der Waals surface area contributed by atoms with Crippen LogP contribution in [0.4, 0.5) is 16.2 Å². The van der Waals surface area contributed by atoms with E-state index < -0.39 is 5.37 Å². The lowest BCUT2D eigenvalue weighted by Crippen LogP contribution is -2.34. The molecule has 1 heterocycles. The number of imide groups is 1. The third-order valence-electron chi connectivity index (χ3n) is 3.00. The van der Waals surface area contributed by atoms with Crippen molar-refractivity contribution in [1.82, 2.24) is 0 Å². The molecule has 1 aliphatic heterocycles. The highest BCUT2D eigenvalue weighted by Gasteiger charge is 2.40. The van der Waals surface area contributed by atoms with Gasteiger partial charge in [0, 0.05) is 10.2 Å². The van der Waals surface area contributed by atoms with Crippen LogP contribution in [0.1, 0.15) is 0 Å². The quantitative estimate of drug-likeness (QED) is 0.893. The van der Waals surface area contributed by atoms with Crippen molar-refractivity contribution in [3.8, 4) is 0 Å². The van der Waals surface area contributed by atoms with Gasteiger partial charge in [-0.3, -0.25) is 9.59 Å². The van der Waals surface area contributed by atoms with Gasteiger partial charge in [-0.05, 0) is 48.2 Å². The SMILES string of the molecule is O=C1S[C@@H](Nc2ccccc2)C(=O)N1c1ccc(Br)cc1. The topological polar surface area (TPSA) is 49.4 Å². The summed E-state index contributed by atoms with van der Waals surface area (Å²) in [5.74, 6) is -0.254. The molecule has 0 aromatic heterocycles. The van der Waals surface area contributed by atoms with Crippen LogP contribution < -0.4 is 10.2 Å². The third kappa shape index (κ3) is 2.96. The molecule has 6 heteroatoms. The first-order valence-corrected chi connectivity index (χ1v) is 7.94. The van der Waals surface area contributed by atoms with Gasteiger partial charge in [0.15, 0.2) is 5.37 Å². The van der Waals surface area contributed by atoms with E-state index >= 15 is 0 Å². The van der Waals surface area contributed by atoms with E-state index in [1.54, 1.807) is 24.3 Å². The average Bonchev–Trinajstić information content (AvgIpc) is 2.76. The van der Waals surface area contributed by atoms with Gasteiger partial charge in [-0.2, -0.15) is 0 Å². The normalized spacial score (nSPS) is 18.1. The van der Waals surface area contributed by atoms with E-state index in [9.17, 15) is 9.59 Å². The number of hydrogen-bond donors (Lipinski definition) is 1. The zero-order chi connectivity index (χ0) is 14.8. The van der Waals surface area contributed by atoms with Crippen LogP contribution in [0.3, 0.4) is 0 Å². The molecule has 106 valence electrons. The highest BCUT2D eigenvalue weighted by Crippen LogP contribution is 2.32. The smallest absolute Gasteiger partial charge is 0.295 e. The van der Waals surface area contributed by atoms with Crippen LogP contribution in [0.25, 0.3) is 0 Å². The van der Waals surface area contributed by atoms with E-state index in [0.29, 0.717) is 5.69 Å². The molecule has 0 aliphatic carbocycles. The fourth-order valence-corrected chi connectivity index (χ4v) is 3.18. The fraction of sp³-hybridized carbons (Fsp3) is 0.0667. The van der Waals surface area contributed by atoms with Crippen molar-refractivity contribution in [2.45, 2.75) is 5.37 Å². The molecule has 3 rings (SSSR count). The first kappa shape index (κ1) is 14.2. The number of nitrogens with one attached hydrogen (secondary N) is 1. The number of nitrogens with zero attached hydrogens (tertiary/aromatic N) is 1. The van der Waals surface area contributed by atoms with Gasteiger partial charge in [0.05, 0.1) is 5.69 Å². The van der Waals surface area contributed by atoms with Crippen LogP contribution in [-0.2, 0) is 4.79 Å². The summed E-state index contributed by atoms with van der Waals surface area (Å²) < 4.78 is 0.900. The molecule has 21 heavy (non-hydrogen) atoms. The summed E-state index contributed by atoms with van der Waals surface area (Å²) in [6, 6.07) is 16.5. The summed E-state index contributed by atoms with van der Waals surface area (Å²) in [5, 5.41) is 2.21. The number of carbonyl (C=O) groups is 2. The summed E-state index contributed by atoms with van der Waals surface area (Å²) in [5.41, 5.74) is 1.40. The number of hydrogen-bond acceptors (Lipinski definition) is 4. The molecule has 1 atom stereocenters. The predicted octanol–water partition coefficient (Wildman–Crippen LogP) is 4.09. The number of para-hydroxylation sites is 1. The molecular weight excluding hydrogens is 352 g/mol. The lowest BCUT2D eigenvalue weighted by atomic mass is 10.3. The molecule has 1 fully saturated rings. The van der Waals surface area contributed by atoms with Crippen LogP contribution in [0.15, 0.2) is 59.1 Å². The second-order valence-corrected chi connectivity index (χ2v) is 6.40. The molecular formula is C15H11BrN2O2S. The van der Waals surface area contributed by atoms with Gasteiger partial charge in [0.1, 0.15) is 0 Å². The van der Waals surface area contributed by atoms with Gasteiger partial charge in [-0.1, -0.05) is 34.1 Å².